The number of nitrogens with one attached hydrogen (secondary N) is 1. The fraction of sp³-hybridized carbons (Fsp3) is 0.364. The van der Waals surface area contributed by atoms with Gasteiger partial charge in [0.2, 0.25) is 11.8 Å². The third-order valence-corrected chi connectivity index (χ3v) is 5.69. The van der Waals surface area contributed by atoms with Gasteiger partial charge >= 0.3 is 0 Å². The zero-order chi connectivity index (χ0) is 21.3. The molecule has 7 nitrogen and oxygen atoms in total. The van der Waals surface area contributed by atoms with E-state index >= 15 is 0 Å². The maximum absolute atomic E-state index is 14.4. The van der Waals surface area contributed by atoms with E-state index in [-0.39, 0.29) is 30.6 Å². The van der Waals surface area contributed by atoms with Gasteiger partial charge in [-0.15, -0.1) is 0 Å². The standard InChI is InChI=1S/C22H22FN5O2/c1-15-6-7-17(11-24)20(26-15)28-13-22(14-28,10-16-4-2-3-5-18(16)23)21(30)27-9-8-25-19(29)12-27/h2-7H,8-10,12-14H2,1H3,(H,25,29). The number of halogens is 1. The number of rotatable bonds is 4. The quantitative estimate of drug-likeness (QED) is 0.828. The number of aryl methyl sites for hydroxylation is 1. The smallest absolute Gasteiger partial charge is 0.239 e. The number of amides is 2. The monoisotopic (exact) mass is 407 g/mol. The molecular weight excluding hydrogens is 385 g/mol. The molecule has 0 radical (unpaired) electrons. The molecule has 0 atom stereocenters. The molecule has 2 fully saturated rings. The van der Waals surface area contributed by atoms with Gasteiger partial charge in [-0.2, -0.15) is 5.26 Å². The average Bonchev–Trinajstić information content (AvgIpc) is 2.71. The van der Waals surface area contributed by atoms with Crippen LogP contribution in [0.25, 0.3) is 0 Å². The lowest BCUT2D eigenvalue weighted by Crippen LogP contribution is -2.67. The van der Waals surface area contributed by atoms with Crippen LogP contribution < -0.4 is 10.2 Å². The summed E-state index contributed by atoms with van der Waals surface area (Å²) in [5.41, 5.74) is 0.794. The molecule has 1 aromatic carbocycles. The number of aromatic nitrogens is 1. The lowest BCUT2D eigenvalue weighted by molar-refractivity contribution is -0.148. The largest absolute Gasteiger partial charge is 0.353 e. The molecule has 0 spiro atoms. The van der Waals surface area contributed by atoms with Crippen LogP contribution in [0.4, 0.5) is 10.2 Å². The van der Waals surface area contributed by atoms with Crippen molar-refractivity contribution >= 4 is 17.6 Å². The summed E-state index contributed by atoms with van der Waals surface area (Å²) in [7, 11) is 0. The molecule has 0 bridgehead atoms. The van der Waals surface area contributed by atoms with Gasteiger partial charge in [-0.3, -0.25) is 9.59 Å². The minimum Gasteiger partial charge on any atom is -0.353 e. The van der Waals surface area contributed by atoms with E-state index in [9.17, 15) is 19.2 Å². The lowest BCUT2D eigenvalue weighted by Gasteiger charge is -2.51. The van der Waals surface area contributed by atoms with Crippen molar-refractivity contribution in [3.05, 3.63) is 59.0 Å². The molecule has 1 N–H and O–H groups in total. The van der Waals surface area contributed by atoms with Crippen molar-refractivity contribution < 1.29 is 14.0 Å². The van der Waals surface area contributed by atoms with E-state index in [2.05, 4.69) is 16.4 Å². The van der Waals surface area contributed by atoms with Crippen molar-refractivity contribution in [1.29, 1.82) is 5.26 Å². The summed E-state index contributed by atoms with van der Waals surface area (Å²) in [6.07, 6.45) is 0.223. The van der Waals surface area contributed by atoms with Crippen molar-refractivity contribution in [3.8, 4) is 6.07 Å². The summed E-state index contributed by atoms with van der Waals surface area (Å²) in [6, 6.07) is 12.1. The van der Waals surface area contributed by atoms with E-state index in [4.69, 9.17) is 0 Å². The fourth-order valence-corrected chi connectivity index (χ4v) is 4.18. The second-order valence-electron chi connectivity index (χ2n) is 7.92. The van der Waals surface area contributed by atoms with Crippen LogP contribution in [-0.2, 0) is 16.0 Å². The Labute approximate surface area is 174 Å². The van der Waals surface area contributed by atoms with Crippen molar-refractivity contribution in [1.82, 2.24) is 15.2 Å². The van der Waals surface area contributed by atoms with Crippen LogP contribution in [0, 0.1) is 29.5 Å². The van der Waals surface area contributed by atoms with Crippen LogP contribution in [0.1, 0.15) is 16.8 Å². The van der Waals surface area contributed by atoms with Crippen molar-refractivity contribution in [2.45, 2.75) is 13.3 Å². The Morgan fingerprint density at radius 2 is 2.07 bits per heavy atom. The van der Waals surface area contributed by atoms with Crippen LogP contribution in [0.3, 0.4) is 0 Å². The number of hydrogen-bond donors (Lipinski definition) is 1. The van der Waals surface area contributed by atoms with Crippen molar-refractivity contribution in [2.75, 3.05) is 37.6 Å². The van der Waals surface area contributed by atoms with E-state index in [1.807, 2.05) is 11.8 Å². The van der Waals surface area contributed by atoms with Gasteiger partial charge in [0, 0.05) is 31.9 Å². The first-order chi connectivity index (χ1) is 14.4. The maximum Gasteiger partial charge on any atom is 0.239 e. The van der Waals surface area contributed by atoms with Crippen LogP contribution in [0.15, 0.2) is 36.4 Å². The van der Waals surface area contributed by atoms with E-state index in [0.29, 0.717) is 43.1 Å². The second kappa shape index (κ2) is 7.75. The molecule has 0 unspecified atom stereocenters. The van der Waals surface area contributed by atoms with Gasteiger partial charge in [0.1, 0.15) is 17.7 Å². The summed E-state index contributed by atoms with van der Waals surface area (Å²) in [4.78, 5) is 33.2. The number of carbonyl (C=O) groups is 2. The first kappa shape index (κ1) is 19.8. The molecule has 0 saturated carbocycles. The second-order valence-corrected chi connectivity index (χ2v) is 7.92. The number of carbonyl (C=O) groups excluding carboxylic acids is 2. The van der Waals surface area contributed by atoms with Crippen LogP contribution in [-0.4, -0.2) is 54.4 Å². The summed E-state index contributed by atoms with van der Waals surface area (Å²) in [5.74, 6) is -0.182. The van der Waals surface area contributed by atoms with Gasteiger partial charge in [0.15, 0.2) is 0 Å². The number of pyridine rings is 1. The van der Waals surface area contributed by atoms with Crippen LogP contribution >= 0.6 is 0 Å². The molecule has 8 heteroatoms. The highest BCUT2D eigenvalue weighted by Gasteiger charge is 2.52. The number of hydrogen-bond acceptors (Lipinski definition) is 5. The first-order valence-corrected chi connectivity index (χ1v) is 9.84. The highest BCUT2D eigenvalue weighted by molar-refractivity contribution is 5.91. The Morgan fingerprint density at radius 1 is 1.30 bits per heavy atom. The number of benzene rings is 1. The minimum absolute atomic E-state index is 0.00396. The molecule has 4 rings (SSSR count). The van der Waals surface area contributed by atoms with Crippen molar-refractivity contribution in [2.24, 2.45) is 5.41 Å². The van der Waals surface area contributed by atoms with Gasteiger partial charge in [-0.1, -0.05) is 18.2 Å². The summed E-state index contributed by atoms with van der Waals surface area (Å²) in [5, 5.41) is 12.2. The Balaban J connectivity index is 1.64. The zero-order valence-electron chi connectivity index (χ0n) is 16.7. The summed E-state index contributed by atoms with van der Waals surface area (Å²) in [6.45, 7) is 3.29. The highest BCUT2D eigenvalue weighted by atomic mass is 19.1. The van der Waals surface area contributed by atoms with Crippen molar-refractivity contribution in [3.63, 3.8) is 0 Å². The number of nitrogens with zero attached hydrogens (tertiary/aromatic N) is 4. The molecule has 0 aliphatic carbocycles. The molecule has 2 aliphatic heterocycles. The molecule has 30 heavy (non-hydrogen) atoms. The third kappa shape index (κ3) is 3.59. The Hall–Kier alpha value is -3.47. The summed E-state index contributed by atoms with van der Waals surface area (Å²) >= 11 is 0. The average molecular weight is 407 g/mol. The number of nitriles is 1. The Morgan fingerprint density at radius 3 is 2.77 bits per heavy atom. The van der Waals surface area contributed by atoms with Crippen LogP contribution in [0.5, 0.6) is 0 Å². The highest BCUT2D eigenvalue weighted by Crippen LogP contribution is 2.40. The van der Waals surface area contributed by atoms with Gasteiger partial charge in [-0.05, 0) is 37.1 Å². The summed E-state index contributed by atoms with van der Waals surface area (Å²) < 4.78 is 14.4. The molecule has 2 saturated heterocycles. The zero-order valence-corrected chi connectivity index (χ0v) is 16.7. The first-order valence-electron chi connectivity index (χ1n) is 9.84. The van der Waals surface area contributed by atoms with E-state index < -0.39 is 5.41 Å². The van der Waals surface area contributed by atoms with E-state index in [1.165, 1.54) is 6.07 Å². The van der Waals surface area contributed by atoms with Gasteiger partial charge < -0.3 is 15.1 Å². The van der Waals surface area contributed by atoms with Gasteiger partial charge in [-0.25, -0.2) is 9.37 Å². The molecule has 154 valence electrons. The number of piperazine rings is 1. The van der Waals surface area contributed by atoms with E-state index in [0.717, 1.165) is 5.69 Å². The third-order valence-electron chi connectivity index (χ3n) is 5.69. The van der Waals surface area contributed by atoms with E-state index in [1.54, 1.807) is 35.2 Å². The molecule has 2 aromatic rings. The molecule has 2 aliphatic rings. The van der Waals surface area contributed by atoms with Crippen LogP contribution in [0.2, 0.25) is 0 Å². The van der Waals surface area contributed by atoms with Gasteiger partial charge in [0.05, 0.1) is 17.5 Å². The molecular formula is C22H22FN5O2. The normalized spacial score (nSPS) is 17.7. The van der Waals surface area contributed by atoms with Gasteiger partial charge in [0.25, 0.3) is 0 Å². The lowest BCUT2D eigenvalue weighted by atomic mass is 9.73. The molecule has 2 amide bonds. The predicted octanol–water partition coefficient (Wildman–Crippen LogP) is 1.41. The fourth-order valence-electron chi connectivity index (χ4n) is 4.18. The Bertz CT molecular complexity index is 1040. The predicted molar refractivity (Wildman–Crippen MR) is 108 cm³/mol. The topological polar surface area (TPSA) is 89.3 Å². The maximum atomic E-state index is 14.4. The number of anilines is 1. The SMILES string of the molecule is Cc1ccc(C#N)c(N2CC(Cc3ccccc3F)(C(=O)N3CCNC(=O)C3)C2)n1. The Kier molecular flexibility index (Phi) is 5.12. The molecule has 1 aromatic heterocycles. The minimum atomic E-state index is -0.877. The molecule has 3 heterocycles.